The van der Waals surface area contributed by atoms with Crippen LogP contribution in [0.4, 0.5) is 0 Å². The average molecular weight is 141 g/mol. The molecule has 1 fully saturated rings. The van der Waals surface area contributed by atoms with Crippen molar-refractivity contribution in [2.45, 2.75) is 39.0 Å². The molecule has 10 heavy (non-hydrogen) atoms. The van der Waals surface area contributed by atoms with Crippen LogP contribution in [0, 0.1) is 5.92 Å². The topological polar surface area (TPSA) is 9.23 Å². The van der Waals surface area contributed by atoms with Gasteiger partial charge in [-0.05, 0) is 38.0 Å². The third-order valence-electron chi connectivity index (χ3n) is 1.77. The van der Waals surface area contributed by atoms with Crippen LogP contribution in [0.5, 0.6) is 0 Å². The van der Waals surface area contributed by atoms with Gasteiger partial charge in [0.1, 0.15) is 0 Å². The Bertz CT molecular complexity index is 76.8. The second-order valence-corrected chi connectivity index (χ2v) is 2.97. The largest absolute Gasteiger partial charge is 0.381 e. The summed E-state index contributed by atoms with van der Waals surface area (Å²) in [5.74, 6) is 1.75. The maximum atomic E-state index is 5.35. The lowest BCUT2D eigenvalue weighted by Gasteiger charge is -1.99. The van der Waals surface area contributed by atoms with Gasteiger partial charge in [0.05, 0.1) is 0 Å². The maximum absolute atomic E-state index is 5.35. The smallest absolute Gasteiger partial charge is 0.0466 e. The molecule has 0 saturated heterocycles. The molecule has 0 spiro atoms. The zero-order valence-electron chi connectivity index (χ0n) is 6.86. The van der Waals surface area contributed by atoms with Gasteiger partial charge in [-0.2, -0.15) is 0 Å². The van der Waals surface area contributed by atoms with Crippen molar-refractivity contribution in [3.63, 3.8) is 0 Å². The molecule has 0 N–H and O–H groups in total. The highest BCUT2D eigenvalue weighted by Gasteiger charge is 2.20. The van der Waals surface area contributed by atoms with Crippen molar-refractivity contribution in [2.24, 2.45) is 0 Å². The molecule has 1 nitrogen and oxygen atoms in total. The molecule has 1 aliphatic carbocycles. The van der Waals surface area contributed by atoms with Crippen molar-refractivity contribution in [3.8, 4) is 0 Å². The Morgan fingerprint density at radius 1 is 1.30 bits per heavy atom. The van der Waals surface area contributed by atoms with E-state index in [2.05, 4.69) is 6.92 Å². The first-order valence-corrected chi connectivity index (χ1v) is 4.35. The Morgan fingerprint density at radius 3 is 2.70 bits per heavy atom. The summed E-state index contributed by atoms with van der Waals surface area (Å²) in [6.07, 6.45) is 6.51. The maximum Gasteiger partial charge on any atom is 0.0466 e. The lowest BCUT2D eigenvalue weighted by molar-refractivity contribution is 0.132. The SMILES string of the molecule is CCCOCCC[C]1CC1. The van der Waals surface area contributed by atoms with E-state index in [1.54, 1.807) is 5.92 Å². The van der Waals surface area contributed by atoms with Gasteiger partial charge in [0.2, 0.25) is 0 Å². The fraction of sp³-hybridized carbons (Fsp3) is 0.889. The molecule has 1 saturated carbocycles. The van der Waals surface area contributed by atoms with Crippen LogP contribution >= 0.6 is 0 Å². The highest BCUT2D eigenvalue weighted by molar-refractivity contribution is 5.04. The molecule has 59 valence electrons. The van der Waals surface area contributed by atoms with Crippen LogP contribution in [0.15, 0.2) is 0 Å². The average Bonchev–Trinajstić information content (AvgIpc) is 2.71. The molecule has 1 heteroatoms. The summed E-state index contributed by atoms with van der Waals surface area (Å²) in [7, 11) is 0. The van der Waals surface area contributed by atoms with Crippen LogP contribution in [-0.2, 0) is 4.74 Å². The zero-order chi connectivity index (χ0) is 7.23. The van der Waals surface area contributed by atoms with E-state index in [9.17, 15) is 0 Å². The van der Waals surface area contributed by atoms with Crippen molar-refractivity contribution < 1.29 is 4.74 Å². The summed E-state index contributed by atoms with van der Waals surface area (Å²) >= 11 is 0. The van der Waals surface area contributed by atoms with E-state index in [1.165, 1.54) is 25.7 Å². The Hall–Kier alpha value is -0.0400. The van der Waals surface area contributed by atoms with Crippen molar-refractivity contribution in [1.29, 1.82) is 0 Å². The lowest BCUT2D eigenvalue weighted by Crippen LogP contribution is -1.95. The first-order chi connectivity index (χ1) is 4.93. The van der Waals surface area contributed by atoms with Crippen molar-refractivity contribution in [3.05, 3.63) is 5.92 Å². The highest BCUT2D eigenvalue weighted by atomic mass is 16.5. The van der Waals surface area contributed by atoms with Gasteiger partial charge in [-0.25, -0.2) is 0 Å². The predicted octanol–water partition coefficient (Wildman–Crippen LogP) is 2.56. The van der Waals surface area contributed by atoms with Crippen molar-refractivity contribution >= 4 is 0 Å². The molecule has 0 aromatic carbocycles. The third-order valence-corrected chi connectivity index (χ3v) is 1.77. The minimum atomic E-state index is 0.940. The molecule has 0 atom stereocenters. The zero-order valence-corrected chi connectivity index (χ0v) is 6.86. The van der Waals surface area contributed by atoms with Gasteiger partial charge in [0.15, 0.2) is 0 Å². The van der Waals surface area contributed by atoms with Gasteiger partial charge in [0, 0.05) is 13.2 Å². The number of ether oxygens (including phenoxy) is 1. The standard InChI is InChI=1S/C9H17O/c1-2-7-10-8-3-4-9-5-6-9/h2-8H2,1H3. The van der Waals surface area contributed by atoms with E-state index in [1.807, 2.05) is 0 Å². The predicted molar refractivity (Wildman–Crippen MR) is 42.8 cm³/mol. The van der Waals surface area contributed by atoms with E-state index in [-0.39, 0.29) is 0 Å². The van der Waals surface area contributed by atoms with E-state index in [4.69, 9.17) is 4.74 Å². The van der Waals surface area contributed by atoms with Crippen LogP contribution < -0.4 is 0 Å². The van der Waals surface area contributed by atoms with Crippen LogP contribution in [-0.4, -0.2) is 13.2 Å². The monoisotopic (exact) mass is 141 g/mol. The lowest BCUT2D eigenvalue weighted by atomic mass is 10.2. The van der Waals surface area contributed by atoms with E-state index in [0.29, 0.717) is 0 Å². The Labute approximate surface area is 63.8 Å². The van der Waals surface area contributed by atoms with E-state index < -0.39 is 0 Å². The first-order valence-electron chi connectivity index (χ1n) is 4.35. The normalized spacial score (nSPS) is 17.7. The molecule has 0 aromatic rings. The molecule has 1 radical (unpaired) electrons. The second kappa shape index (κ2) is 4.73. The summed E-state index contributed by atoms with van der Waals surface area (Å²) in [6.45, 7) is 4.06. The highest BCUT2D eigenvalue weighted by Crippen LogP contribution is 2.35. The molecule has 0 aliphatic heterocycles. The molecule has 0 unspecified atom stereocenters. The number of rotatable bonds is 6. The van der Waals surface area contributed by atoms with Crippen LogP contribution in [0.2, 0.25) is 0 Å². The molecule has 0 amide bonds. The number of hydrogen-bond acceptors (Lipinski definition) is 1. The Morgan fingerprint density at radius 2 is 2.10 bits per heavy atom. The quantitative estimate of drug-likeness (QED) is 0.516. The molecule has 0 aromatic heterocycles. The summed E-state index contributed by atoms with van der Waals surface area (Å²) in [4.78, 5) is 0. The molecular formula is C9H17O. The van der Waals surface area contributed by atoms with Gasteiger partial charge in [0.25, 0.3) is 0 Å². The van der Waals surface area contributed by atoms with Crippen molar-refractivity contribution in [2.75, 3.05) is 13.2 Å². The third kappa shape index (κ3) is 3.89. The fourth-order valence-corrected chi connectivity index (χ4v) is 1.01. The molecule has 0 bridgehead atoms. The minimum absolute atomic E-state index is 0.940. The first kappa shape index (κ1) is 8.06. The van der Waals surface area contributed by atoms with Gasteiger partial charge < -0.3 is 4.74 Å². The second-order valence-electron chi connectivity index (χ2n) is 2.97. The van der Waals surface area contributed by atoms with Crippen molar-refractivity contribution in [1.82, 2.24) is 0 Å². The van der Waals surface area contributed by atoms with Gasteiger partial charge in [-0.15, -0.1) is 0 Å². The molecule has 1 rings (SSSR count). The van der Waals surface area contributed by atoms with Gasteiger partial charge in [-0.1, -0.05) is 6.92 Å². The Kier molecular flexibility index (Phi) is 3.81. The van der Waals surface area contributed by atoms with Gasteiger partial charge in [-0.3, -0.25) is 0 Å². The summed E-state index contributed by atoms with van der Waals surface area (Å²) < 4.78 is 5.35. The summed E-state index contributed by atoms with van der Waals surface area (Å²) in [5, 5.41) is 0. The molecule has 1 aliphatic rings. The summed E-state index contributed by atoms with van der Waals surface area (Å²) in [6, 6.07) is 0. The van der Waals surface area contributed by atoms with Crippen LogP contribution in [0.3, 0.4) is 0 Å². The molecular weight excluding hydrogens is 124 g/mol. The Balaban J connectivity index is 1.68. The summed E-state index contributed by atoms with van der Waals surface area (Å²) in [5.41, 5.74) is 0. The minimum Gasteiger partial charge on any atom is -0.381 e. The van der Waals surface area contributed by atoms with E-state index in [0.717, 1.165) is 19.6 Å². The van der Waals surface area contributed by atoms with Crippen LogP contribution in [0.1, 0.15) is 39.0 Å². The van der Waals surface area contributed by atoms with Gasteiger partial charge >= 0.3 is 0 Å². The van der Waals surface area contributed by atoms with E-state index >= 15 is 0 Å². The fourth-order valence-electron chi connectivity index (χ4n) is 1.01. The van der Waals surface area contributed by atoms with Crippen LogP contribution in [0.25, 0.3) is 0 Å². The molecule has 0 heterocycles. The number of hydrogen-bond donors (Lipinski definition) is 0.